The first-order valence-corrected chi connectivity index (χ1v) is 6.08. The highest BCUT2D eigenvalue weighted by Crippen LogP contribution is 2.16. The first-order chi connectivity index (χ1) is 8.75. The Hall–Kier alpha value is -1.84. The number of aliphatic hydroxyl groups is 1. The van der Waals surface area contributed by atoms with Gasteiger partial charge in [0, 0.05) is 5.56 Å². The summed E-state index contributed by atoms with van der Waals surface area (Å²) in [5.41, 5.74) is 1.99. The van der Waals surface area contributed by atoms with E-state index in [9.17, 15) is 10.2 Å². The Morgan fingerprint density at radius 1 is 1.00 bits per heavy atom. The largest absolute Gasteiger partial charge is 0.508 e. The van der Waals surface area contributed by atoms with Gasteiger partial charge in [-0.1, -0.05) is 42.5 Å². The summed E-state index contributed by atoms with van der Waals surface area (Å²) in [6.07, 6.45) is -0.555. The Kier molecular flexibility index (Phi) is 4.34. The van der Waals surface area contributed by atoms with E-state index in [1.807, 2.05) is 24.3 Å². The van der Waals surface area contributed by atoms with E-state index in [-0.39, 0.29) is 5.75 Å². The fraction of sp³-hybridized carbons (Fsp3) is 0.200. The molecule has 2 aromatic rings. The Labute approximate surface area is 107 Å². The van der Waals surface area contributed by atoms with Gasteiger partial charge >= 0.3 is 0 Å². The monoisotopic (exact) mass is 244 g/mol. The number of hydrogen-bond donors (Lipinski definition) is 3. The molecule has 18 heavy (non-hydrogen) atoms. The third-order valence-corrected chi connectivity index (χ3v) is 2.87. The standard InChI is InChI=1S/C15H17NO2/c17-14-8-4-7-13(9-14)15(18)11-16-10-12-5-2-1-3-6-12/h1-9,15-18H,10-11H2/p+1/t15-/m0/s1. The Bertz CT molecular complexity index is 485. The van der Waals surface area contributed by atoms with Crippen molar-refractivity contribution >= 4 is 0 Å². The summed E-state index contributed by atoms with van der Waals surface area (Å²) in [6.45, 7) is 1.43. The quantitative estimate of drug-likeness (QED) is 0.740. The predicted molar refractivity (Wildman–Crippen MR) is 70.0 cm³/mol. The summed E-state index contributed by atoms with van der Waals surface area (Å²) in [7, 11) is 0. The summed E-state index contributed by atoms with van der Waals surface area (Å²) in [5.74, 6) is 0.189. The van der Waals surface area contributed by atoms with E-state index in [0.29, 0.717) is 6.54 Å². The summed E-state index contributed by atoms with van der Waals surface area (Å²) < 4.78 is 0. The molecule has 0 aliphatic carbocycles. The van der Waals surface area contributed by atoms with E-state index < -0.39 is 6.10 Å². The molecule has 2 aromatic carbocycles. The van der Waals surface area contributed by atoms with E-state index >= 15 is 0 Å². The number of quaternary nitrogens is 1. The molecular formula is C15H18NO2+. The van der Waals surface area contributed by atoms with Crippen LogP contribution in [0.1, 0.15) is 17.2 Å². The zero-order valence-corrected chi connectivity index (χ0v) is 10.2. The second kappa shape index (κ2) is 6.19. The van der Waals surface area contributed by atoms with Crippen molar-refractivity contribution in [2.24, 2.45) is 0 Å². The molecule has 0 amide bonds. The number of phenolic OH excluding ortho intramolecular Hbond substituents is 1. The minimum absolute atomic E-state index is 0.189. The van der Waals surface area contributed by atoms with Gasteiger partial charge in [0.15, 0.2) is 0 Å². The number of aromatic hydroxyl groups is 1. The summed E-state index contributed by atoms with van der Waals surface area (Å²) in [6, 6.07) is 16.9. The molecule has 0 aromatic heterocycles. The van der Waals surface area contributed by atoms with Crippen molar-refractivity contribution in [1.29, 1.82) is 0 Å². The van der Waals surface area contributed by atoms with Gasteiger partial charge in [0.25, 0.3) is 0 Å². The van der Waals surface area contributed by atoms with Crippen molar-refractivity contribution in [2.45, 2.75) is 12.6 Å². The maximum atomic E-state index is 9.98. The first-order valence-electron chi connectivity index (χ1n) is 6.08. The van der Waals surface area contributed by atoms with Crippen molar-refractivity contribution in [1.82, 2.24) is 0 Å². The van der Waals surface area contributed by atoms with Crippen LogP contribution in [0.5, 0.6) is 5.75 Å². The lowest BCUT2D eigenvalue weighted by atomic mass is 10.1. The minimum atomic E-state index is -0.555. The third-order valence-electron chi connectivity index (χ3n) is 2.87. The second-order valence-corrected chi connectivity index (χ2v) is 4.32. The fourth-order valence-corrected chi connectivity index (χ4v) is 1.89. The van der Waals surface area contributed by atoms with E-state index in [4.69, 9.17) is 0 Å². The molecule has 0 spiro atoms. The molecular weight excluding hydrogens is 226 g/mol. The van der Waals surface area contributed by atoms with Crippen molar-refractivity contribution in [3.63, 3.8) is 0 Å². The molecule has 0 fully saturated rings. The molecule has 0 bridgehead atoms. The first kappa shape index (κ1) is 12.6. The van der Waals surface area contributed by atoms with Crippen molar-refractivity contribution < 1.29 is 15.5 Å². The van der Waals surface area contributed by atoms with Gasteiger partial charge in [0.05, 0.1) is 0 Å². The molecule has 2 rings (SSSR count). The van der Waals surface area contributed by atoms with Crippen LogP contribution < -0.4 is 5.32 Å². The predicted octanol–water partition coefficient (Wildman–Crippen LogP) is 1.19. The van der Waals surface area contributed by atoms with Gasteiger partial charge in [-0.3, -0.25) is 0 Å². The molecule has 0 saturated heterocycles. The highest BCUT2D eigenvalue weighted by molar-refractivity contribution is 5.28. The molecule has 0 radical (unpaired) electrons. The summed E-state index contributed by atoms with van der Waals surface area (Å²) in [4.78, 5) is 0. The van der Waals surface area contributed by atoms with Gasteiger partial charge in [0.1, 0.15) is 24.9 Å². The molecule has 3 heteroatoms. The van der Waals surface area contributed by atoms with E-state index in [2.05, 4.69) is 17.4 Å². The third kappa shape index (κ3) is 3.58. The maximum Gasteiger partial charge on any atom is 0.128 e. The molecule has 3 nitrogen and oxygen atoms in total. The molecule has 0 saturated carbocycles. The van der Waals surface area contributed by atoms with Crippen LogP contribution in [0.15, 0.2) is 54.6 Å². The topological polar surface area (TPSA) is 57.1 Å². The molecule has 0 heterocycles. The summed E-state index contributed by atoms with van der Waals surface area (Å²) >= 11 is 0. The van der Waals surface area contributed by atoms with Gasteiger partial charge in [0.2, 0.25) is 0 Å². The molecule has 0 unspecified atom stereocenters. The Balaban J connectivity index is 1.83. The number of nitrogens with two attached hydrogens (primary N) is 1. The highest BCUT2D eigenvalue weighted by atomic mass is 16.3. The van der Waals surface area contributed by atoms with Crippen LogP contribution >= 0.6 is 0 Å². The van der Waals surface area contributed by atoms with Crippen LogP contribution in [0.3, 0.4) is 0 Å². The Morgan fingerprint density at radius 2 is 1.78 bits per heavy atom. The van der Waals surface area contributed by atoms with Gasteiger partial charge in [-0.2, -0.15) is 0 Å². The van der Waals surface area contributed by atoms with Gasteiger partial charge in [-0.15, -0.1) is 0 Å². The SMILES string of the molecule is Oc1cccc([C@@H](O)C[NH2+]Cc2ccccc2)c1. The van der Waals surface area contributed by atoms with Crippen LogP contribution in [0.2, 0.25) is 0 Å². The number of hydrogen-bond acceptors (Lipinski definition) is 2. The highest BCUT2D eigenvalue weighted by Gasteiger charge is 2.09. The number of rotatable bonds is 5. The lowest BCUT2D eigenvalue weighted by Crippen LogP contribution is -2.83. The van der Waals surface area contributed by atoms with Gasteiger partial charge < -0.3 is 15.5 Å². The molecule has 94 valence electrons. The minimum Gasteiger partial charge on any atom is -0.508 e. The lowest BCUT2D eigenvalue weighted by Gasteiger charge is -2.10. The molecule has 1 atom stereocenters. The normalized spacial score (nSPS) is 12.3. The van der Waals surface area contributed by atoms with Gasteiger partial charge in [-0.05, 0) is 17.7 Å². The second-order valence-electron chi connectivity index (χ2n) is 4.32. The zero-order chi connectivity index (χ0) is 12.8. The number of benzene rings is 2. The number of phenols is 1. The van der Waals surface area contributed by atoms with Crippen molar-refractivity contribution in [3.05, 3.63) is 65.7 Å². The Morgan fingerprint density at radius 3 is 2.50 bits per heavy atom. The van der Waals surface area contributed by atoms with Crippen molar-refractivity contribution in [3.8, 4) is 5.75 Å². The molecule has 4 N–H and O–H groups in total. The fourth-order valence-electron chi connectivity index (χ4n) is 1.89. The maximum absolute atomic E-state index is 9.98. The molecule has 0 aliphatic rings. The van der Waals surface area contributed by atoms with Gasteiger partial charge in [-0.25, -0.2) is 0 Å². The van der Waals surface area contributed by atoms with E-state index in [1.165, 1.54) is 5.56 Å². The van der Waals surface area contributed by atoms with Crippen LogP contribution in [-0.4, -0.2) is 16.8 Å². The van der Waals surface area contributed by atoms with E-state index in [0.717, 1.165) is 12.1 Å². The lowest BCUT2D eigenvalue weighted by molar-refractivity contribution is -0.677. The average Bonchev–Trinajstić information content (AvgIpc) is 2.40. The van der Waals surface area contributed by atoms with Crippen LogP contribution in [-0.2, 0) is 6.54 Å². The van der Waals surface area contributed by atoms with Crippen molar-refractivity contribution in [2.75, 3.05) is 6.54 Å². The molecule has 0 aliphatic heterocycles. The average molecular weight is 244 g/mol. The smallest absolute Gasteiger partial charge is 0.128 e. The van der Waals surface area contributed by atoms with Crippen LogP contribution in [0.25, 0.3) is 0 Å². The van der Waals surface area contributed by atoms with Crippen LogP contribution in [0.4, 0.5) is 0 Å². The zero-order valence-electron chi connectivity index (χ0n) is 10.2. The van der Waals surface area contributed by atoms with Crippen LogP contribution in [0, 0.1) is 0 Å². The summed E-state index contributed by atoms with van der Waals surface area (Å²) in [5, 5.41) is 21.4. The number of aliphatic hydroxyl groups excluding tert-OH is 1. The van der Waals surface area contributed by atoms with E-state index in [1.54, 1.807) is 18.2 Å².